The number of aromatic amines is 1. The number of hydrogen-bond donors (Lipinski definition) is 1. The van der Waals surface area contributed by atoms with Crippen molar-refractivity contribution in [2.24, 2.45) is 0 Å². The number of H-pyrrole nitrogens is 1. The Kier molecular flexibility index (Phi) is 6.41. The molecule has 3 aromatic rings. The topological polar surface area (TPSA) is 76.3 Å². The Hall–Kier alpha value is -3.39. The summed E-state index contributed by atoms with van der Waals surface area (Å²) in [6.07, 6.45) is 0. The largest absolute Gasteiger partial charge is 0.497 e. The third-order valence-electron chi connectivity index (χ3n) is 5.90. The van der Waals surface area contributed by atoms with Crippen LogP contribution in [0.3, 0.4) is 0 Å². The van der Waals surface area contributed by atoms with Crippen molar-refractivity contribution < 1.29 is 23.7 Å². The number of carbonyl (C=O) groups is 1. The van der Waals surface area contributed by atoms with Gasteiger partial charge in [0.25, 0.3) is 5.91 Å². The maximum atomic E-state index is 13.0. The van der Waals surface area contributed by atoms with E-state index in [1.807, 2.05) is 41.3 Å². The predicted octanol–water partition coefficient (Wildman–Crippen LogP) is 3.16. The summed E-state index contributed by atoms with van der Waals surface area (Å²) in [6, 6.07) is 11.5. The number of benzene rings is 2. The van der Waals surface area contributed by atoms with Crippen LogP contribution in [0.5, 0.6) is 23.0 Å². The Balaban J connectivity index is 1.42. The van der Waals surface area contributed by atoms with E-state index in [0.717, 1.165) is 35.3 Å². The molecule has 170 valence electrons. The second-order valence-corrected chi connectivity index (χ2v) is 7.70. The number of hydrogen-bond acceptors (Lipinski definition) is 6. The van der Waals surface area contributed by atoms with Crippen LogP contribution < -0.4 is 18.9 Å². The van der Waals surface area contributed by atoms with E-state index in [2.05, 4.69) is 9.88 Å². The van der Waals surface area contributed by atoms with Crippen LogP contribution >= 0.6 is 0 Å². The molecule has 0 spiro atoms. The van der Waals surface area contributed by atoms with Crippen LogP contribution in [-0.2, 0) is 6.54 Å². The summed E-state index contributed by atoms with van der Waals surface area (Å²) < 4.78 is 21.7. The zero-order chi connectivity index (χ0) is 22.7. The molecule has 1 fully saturated rings. The van der Waals surface area contributed by atoms with Crippen molar-refractivity contribution in [1.82, 2.24) is 14.8 Å². The Morgan fingerprint density at radius 1 is 0.875 bits per heavy atom. The van der Waals surface area contributed by atoms with Crippen LogP contribution in [0.1, 0.15) is 16.1 Å². The number of rotatable bonds is 7. The summed E-state index contributed by atoms with van der Waals surface area (Å²) in [5, 5.41) is 0.994. The SMILES string of the molecule is COc1ccc2cc(C(=O)N3CCN(Cc4ccc(OC)c(OC)c4OC)CC3)[nH]c2c1. The minimum absolute atomic E-state index is 0.0171. The molecule has 4 rings (SSSR count). The molecule has 32 heavy (non-hydrogen) atoms. The summed E-state index contributed by atoms with van der Waals surface area (Å²) in [5.74, 6) is 2.69. The molecule has 0 bridgehead atoms. The molecule has 0 aliphatic carbocycles. The fraction of sp³-hybridized carbons (Fsp3) is 0.375. The molecule has 1 aromatic heterocycles. The number of ether oxygens (including phenoxy) is 4. The van der Waals surface area contributed by atoms with Crippen molar-refractivity contribution in [2.75, 3.05) is 54.6 Å². The summed E-state index contributed by atoms with van der Waals surface area (Å²) in [7, 11) is 6.48. The van der Waals surface area contributed by atoms with Gasteiger partial charge in [-0.15, -0.1) is 0 Å². The normalized spacial score (nSPS) is 14.4. The molecule has 1 amide bonds. The van der Waals surface area contributed by atoms with Crippen molar-refractivity contribution in [1.29, 1.82) is 0 Å². The minimum atomic E-state index is 0.0171. The number of carbonyl (C=O) groups excluding carboxylic acids is 1. The standard InChI is InChI=1S/C24H29N3O5/c1-29-18-7-5-16-13-20(25-19(16)14-18)24(28)27-11-9-26(10-12-27)15-17-6-8-21(30-2)23(32-4)22(17)31-3/h5-8,13-14,25H,9-12,15H2,1-4H3. The number of piperazine rings is 1. The Labute approximate surface area is 187 Å². The van der Waals surface area contributed by atoms with Crippen molar-refractivity contribution in [3.8, 4) is 23.0 Å². The average molecular weight is 440 g/mol. The lowest BCUT2D eigenvalue weighted by Gasteiger charge is -2.34. The van der Waals surface area contributed by atoms with E-state index in [0.29, 0.717) is 42.6 Å². The van der Waals surface area contributed by atoms with Gasteiger partial charge in [-0.05, 0) is 24.3 Å². The third kappa shape index (κ3) is 4.18. The molecule has 8 nitrogen and oxygen atoms in total. The number of nitrogens with one attached hydrogen (secondary N) is 1. The quantitative estimate of drug-likeness (QED) is 0.610. The van der Waals surface area contributed by atoms with Gasteiger partial charge < -0.3 is 28.8 Å². The lowest BCUT2D eigenvalue weighted by molar-refractivity contribution is 0.0622. The molecule has 2 heterocycles. The Morgan fingerprint density at radius 2 is 1.62 bits per heavy atom. The van der Waals surface area contributed by atoms with Gasteiger partial charge in [-0.1, -0.05) is 6.07 Å². The molecule has 0 radical (unpaired) electrons. The highest BCUT2D eigenvalue weighted by Crippen LogP contribution is 2.40. The van der Waals surface area contributed by atoms with E-state index in [4.69, 9.17) is 18.9 Å². The monoisotopic (exact) mass is 439 g/mol. The van der Waals surface area contributed by atoms with Crippen molar-refractivity contribution in [2.45, 2.75) is 6.54 Å². The van der Waals surface area contributed by atoms with E-state index >= 15 is 0 Å². The highest BCUT2D eigenvalue weighted by atomic mass is 16.5. The molecule has 8 heteroatoms. The first-order valence-electron chi connectivity index (χ1n) is 10.5. The van der Waals surface area contributed by atoms with E-state index < -0.39 is 0 Å². The second kappa shape index (κ2) is 9.40. The molecule has 1 aliphatic rings. The molecular weight excluding hydrogens is 410 g/mol. The molecule has 1 aliphatic heterocycles. The maximum absolute atomic E-state index is 13.0. The van der Waals surface area contributed by atoms with Crippen LogP contribution in [0, 0.1) is 0 Å². The van der Waals surface area contributed by atoms with Gasteiger partial charge in [0, 0.05) is 55.3 Å². The molecule has 1 N–H and O–H groups in total. The molecule has 0 saturated carbocycles. The molecule has 2 aromatic carbocycles. The van der Waals surface area contributed by atoms with Gasteiger partial charge in [0.05, 0.1) is 28.4 Å². The lowest BCUT2D eigenvalue weighted by Crippen LogP contribution is -2.48. The smallest absolute Gasteiger partial charge is 0.270 e. The van der Waals surface area contributed by atoms with Crippen LogP contribution in [0.4, 0.5) is 0 Å². The zero-order valence-electron chi connectivity index (χ0n) is 18.9. The molecular formula is C24H29N3O5. The maximum Gasteiger partial charge on any atom is 0.270 e. The number of aromatic nitrogens is 1. The van der Waals surface area contributed by atoms with Gasteiger partial charge >= 0.3 is 0 Å². The van der Waals surface area contributed by atoms with Crippen LogP contribution in [0.25, 0.3) is 10.9 Å². The average Bonchev–Trinajstić information content (AvgIpc) is 3.27. The number of fused-ring (bicyclic) bond motifs is 1. The van der Waals surface area contributed by atoms with E-state index in [-0.39, 0.29) is 5.91 Å². The highest BCUT2D eigenvalue weighted by Gasteiger charge is 2.25. The van der Waals surface area contributed by atoms with Gasteiger partial charge in [-0.3, -0.25) is 9.69 Å². The van der Waals surface area contributed by atoms with Crippen LogP contribution in [0.2, 0.25) is 0 Å². The predicted molar refractivity (Wildman–Crippen MR) is 122 cm³/mol. The third-order valence-corrected chi connectivity index (χ3v) is 5.90. The van der Waals surface area contributed by atoms with Crippen LogP contribution in [-0.4, -0.2) is 75.3 Å². The first kappa shape index (κ1) is 21.8. The van der Waals surface area contributed by atoms with Crippen molar-refractivity contribution in [3.05, 3.63) is 47.7 Å². The Morgan fingerprint density at radius 3 is 2.28 bits per heavy atom. The number of nitrogens with zero attached hydrogens (tertiary/aromatic N) is 2. The van der Waals surface area contributed by atoms with Gasteiger partial charge in [-0.25, -0.2) is 0 Å². The zero-order valence-corrected chi connectivity index (χ0v) is 18.9. The van der Waals surface area contributed by atoms with E-state index in [1.165, 1.54) is 0 Å². The van der Waals surface area contributed by atoms with E-state index in [1.54, 1.807) is 28.4 Å². The van der Waals surface area contributed by atoms with Gasteiger partial charge in [-0.2, -0.15) is 0 Å². The Bertz CT molecular complexity index is 1100. The van der Waals surface area contributed by atoms with Crippen molar-refractivity contribution in [3.63, 3.8) is 0 Å². The first-order valence-corrected chi connectivity index (χ1v) is 10.5. The molecule has 1 saturated heterocycles. The van der Waals surface area contributed by atoms with Crippen molar-refractivity contribution >= 4 is 16.8 Å². The molecule has 0 atom stereocenters. The van der Waals surface area contributed by atoms with E-state index in [9.17, 15) is 4.79 Å². The number of methoxy groups -OCH3 is 4. The van der Waals surface area contributed by atoms with Gasteiger partial charge in [0.1, 0.15) is 11.4 Å². The lowest BCUT2D eigenvalue weighted by atomic mass is 10.1. The summed E-state index contributed by atoms with van der Waals surface area (Å²) in [6.45, 7) is 3.58. The second-order valence-electron chi connectivity index (χ2n) is 7.70. The van der Waals surface area contributed by atoms with Gasteiger partial charge in [0.15, 0.2) is 11.5 Å². The summed E-state index contributed by atoms with van der Waals surface area (Å²) >= 11 is 0. The van der Waals surface area contributed by atoms with Crippen LogP contribution in [0.15, 0.2) is 36.4 Å². The highest BCUT2D eigenvalue weighted by molar-refractivity contribution is 5.98. The minimum Gasteiger partial charge on any atom is -0.497 e. The fourth-order valence-corrected chi connectivity index (χ4v) is 4.16. The number of amides is 1. The van der Waals surface area contributed by atoms with Gasteiger partial charge in [0.2, 0.25) is 5.75 Å². The molecule has 0 unspecified atom stereocenters. The summed E-state index contributed by atoms with van der Waals surface area (Å²) in [5.41, 5.74) is 2.52. The first-order chi connectivity index (χ1) is 15.6. The fourth-order valence-electron chi connectivity index (χ4n) is 4.16. The summed E-state index contributed by atoms with van der Waals surface area (Å²) in [4.78, 5) is 20.5.